The summed E-state index contributed by atoms with van der Waals surface area (Å²) >= 11 is 0. The number of hydrogen-bond acceptors (Lipinski definition) is 7. The molecule has 0 aliphatic carbocycles. The number of carbonyl (C=O) groups excluding carboxylic acids is 1. The van der Waals surface area contributed by atoms with E-state index in [0.717, 1.165) is 22.3 Å². The van der Waals surface area contributed by atoms with E-state index in [1.54, 1.807) is 36.4 Å². The first-order chi connectivity index (χ1) is 22.9. The van der Waals surface area contributed by atoms with Crippen molar-refractivity contribution >= 4 is 5.97 Å². The average Bonchev–Trinajstić information content (AvgIpc) is 3.09. The third kappa shape index (κ3) is 6.80. The van der Waals surface area contributed by atoms with Crippen molar-refractivity contribution in [1.29, 1.82) is 5.26 Å². The third-order valence-electron chi connectivity index (χ3n) is 7.82. The largest absolute Gasteiger partial charge is 0.490 e. The second kappa shape index (κ2) is 13.9. The molecular weight excluding hydrogens is 595 g/mol. The predicted molar refractivity (Wildman–Crippen MR) is 174 cm³/mol. The summed E-state index contributed by atoms with van der Waals surface area (Å²) in [6.07, 6.45) is 0. The fourth-order valence-corrected chi connectivity index (χ4v) is 5.61. The summed E-state index contributed by atoms with van der Waals surface area (Å²) in [6, 6.07) is 37.7. The average molecular weight is 627 g/mol. The van der Waals surface area contributed by atoms with Gasteiger partial charge in [-0.25, -0.2) is 4.39 Å². The normalized spacial score (nSPS) is 13.7. The lowest BCUT2D eigenvalue weighted by Crippen LogP contribution is -2.22. The fourth-order valence-electron chi connectivity index (χ4n) is 5.61. The van der Waals surface area contributed by atoms with Gasteiger partial charge in [-0.1, -0.05) is 84.9 Å². The van der Waals surface area contributed by atoms with Gasteiger partial charge in [-0.15, -0.1) is 0 Å². The van der Waals surface area contributed by atoms with Crippen LogP contribution in [0.1, 0.15) is 46.6 Å². The van der Waals surface area contributed by atoms with Gasteiger partial charge in [-0.2, -0.15) is 5.26 Å². The molecule has 47 heavy (non-hydrogen) atoms. The van der Waals surface area contributed by atoms with Gasteiger partial charge in [0.05, 0.1) is 12.5 Å². The number of nitrogens with two attached hydrogens (primary N) is 1. The van der Waals surface area contributed by atoms with Gasteiger partial charge in [0, 0.05) is 11.6 Å². The molecule has 0 radical (unpaired) electrons. The molecule has 0 saturated heterocycles. The van der Waals surface area contributed by atoms with Crippen LogP contribution in [-0.2, 0) is 11.4 Å². The van der Waals surface area contributed by atoms with Gasteiger partial charge < -0.3 is 24.7 Å². The minimum Gasteiger partial charge on any atom is -0.490 e. The first kappa shape index (κ1) is 30.9. The van der Waals surface area contributed by atoms with Gasteiger partial charge in [-0.05, 0) is 59.5 Å². The Labute approximate surface area is 272 Å². The summed E-state index contributed by atoms with van der Waals surface area (Å²) in [5.74, 6) is -0.425. The van der Waals surface area contributed by atoms with Crippen molar-refractivity contribution in [2.45, 2.75) is 25.4 Å². The van der Waals surface area contributed by atoms with Gasteiger partial charge in [0.2, 0.25) is 5.88 Å². The van der Waals surface area contributed by atoms with Crippen LogP contribution in [0.15, 0.2) is 133 Å². The first-order valence-electron chi connectivity index (χ1n) is 15.1. The molecule has 6 rings (SSSR count). The molecule has 0 amide bonds. The van der Waals surface area contributed by atoms with Crippen molar-refractivity contribution in [3.63, 3.8) is 0 Å². The smallest absolute Gasteiger partial charge is 0.323 e. The van der Waals surface area contributed by atoms with E-state index in [2.05, 4.69) is 6.07 Å². The van der Waals surface area contributed by atoms with Crippen molar-refractivity contribution < 1.29 is 28.1 Å². The second-order valence-electron chi connectivity index (χ2n) is 10.9. The van der Waals surface area contributed by atoms with Crippen molar-refractivity contribution in [3.05, 3.63) is 166 Å². The summed E-state index contributed by atoms with van der Waals surface area (Å²) in [6.45, 7) is 2.46. The van der Waals surface area contributed by atoms with E-state index in [-0.39, 0.29) is 29.6 Å². The predicted octanol–water partition coefficient (Wildman–Crippen LogP) is 7.76. The molecule has 1 aliphatic heterocycles. The van der Waals surface area contributed by atoms with Gasteiger partial charge in [0.15, 0.2) is 11.5 Å². The monoisotopic (exact) mass is 626 g/mol. The van der Waals surface area contributed by atoms with Crippen LogP contribution in [0.3, 0.4) is 0 Å². The fraction of sp³-hybridized carbons (Fsp3) is 0.128. The Kier molecular flexibility index (Phi) is 9.16. The highest BCUT2D eigenvalue weighted by atomic mass is 19.1. The van der Waals surface area contributed by atoms with Gasteiger partial charge in [0.25, 0.3) is 0 Å². The number of allylic oxidation sites excluding steroid dienone is 1. The van der Waals surface area contributed by atoms with Crippen molar-refractivity contribution in [3.8, 4) is 29.1 Å². The van der Waals surface area contributed by atoms with E-state index < -0.39 is 17.8 Å². The lowest BCUT2D eigenvalue weighted by Gasteiger charge is -2.27. The minimum atomic E-state index is -0.641. The van der Waals surface area contributed by atoms with Crippen molar-refractivity contribution in [2.24, 2.45) is 5.73 Å². The molecule has 1 unspecified atom stereocenters. The minimum absolute atomic E-state index is 0.0467. The third-order valence-corrected chi connectivity index (χ3v) is 7.82. The van der Waals surface area contributed by atoms with E-state index in [1.807, 2.05) is 79.7 Å². The maximum Gasteiger partial charge on any atom is 0.323 e. The highest BCUT2D eigenvalue weighted by Gasteiger charge is 2.32. The quantitative estimate of drug-likeness (QED) is 0.125. The van der Waals surface area contributed by atoms with E-state index in [9.17, 15) is 14.4 Å². The van der Waals surface area contributed by atoms with Crippen molar-refractivity contribution in [1.82, 2.24) is 0 Å². The number of ether oxygens (including phenoxy) is 4. The van der Waals surface area contributed by atoms with Crippen LogP contribution >= 0.6 is 0 Å². The Morgan fingerprint density at radius 3 is 2.19 bits per heavy atom. The Balaban J connectivity index is 1.29. The number of hydrogen-bond donors (Lipinski definition) is 1. The molecule has 0 saturated carbocycles. The van der Waals surface area contributed by atoms with Crippen LogP contribution in [0.2, 0.25) is 0 Å². The zero-order valence-corrected chi connectivity index (χ0v) is 25.6. The molecule has 5 aromatic carbocycles. The number of fused-ring (bicyclic) bond motifs is 1. The molecule has 1 atom stereocenters. The Bertz CT molecular complexity index is 1910. The molecule has 7 nitrogen and oxygen atoms in total. The summed E-state index contributed by atoms with van der Waals surface area (Å²) in [4.78, 5) is 13.6. The van der Waals surface area contributed by atoms with Crippen molar-refractivity contribution in [2.75, 3.05) is 6.61 Å². The van der Waals surface area contributed by atoms with Crippen LogP contribution in [0, 0.1) is 17.1 Å². The second-order valence-corrected chi connectivity index (χ2v) is 10.9. The van der Waals surface area contributed by atoms with Gasteiger partial charge >= 0.3 is 5.97 Å². The molecule has 0 aromatic heterocycles. The topological polar surface area (TPSA) is 104 Å². The Morgan fingerprint density at radius 1 is 0.872 bits per heavy atom. The molecule has 5 aromatic rings. The maximum atomic E-state index is 13.6. The summed E-state index contributed by atoms with van der Waals surface area (Å²) in [5, 5.41) is 10.1. The molecular formula is C39H31FN2O5. The highest BCUT2D eigenvalue weighted by Crippen LogP contribution is 2.45. The number of nitriles is 1. The van der Waals surface area contributed by atoms with E-state index in [0.29, 0.717) is 29.4 Å². The number of rotatable bonds is 10. The number of benzene rings is 5. The summed E-state index contributed by atoms with van der Waals surface area (Å²) < 4.78 is 37.1. The van der Waals surface area contributed by atoms with Crippen LogP contribution in [-0.4, -0.2) is 12.6 Å². The number of nitrogens with zero attached hydrogens (tertiary/aromatic N) is 1. The zero-order chi connectivity index (χ0) is 32.8. The number of esters is 1. The van der Waals surface area contributed by atoms with Gasteiger partial charge in [0.1, 0.15) is 41.5 Å². The summed E-state index contributed by atoms with van der Waals surface area (Å²) in [7, 11) is 0. The Hall–Kier alpha value is -6.07. The molecule has 0 fully saturated rings. The van der Waals surface area contributed by atoms with E-state index in [4.69, 9.17) is 24.7 Å². The lowest BCUT2D eigenvalue weighted by molar-refractivity contribution is -0.135. The van der Waals surface area contributed by atoms with Crippen LogP contribution in [0.5, 0.6) is 23.0 Å². The van der Waals surface area contributed by atoms with E-state index >= 15 is 0 Å². The molecule has 8 heteroatoms. The zero-order valence-electron chi connectivity index (χ0n) is 25.6. The molecule has 1 aliphatic rings. The molecule has 2 N–H and O–H groups in total. The maximum absolute atomic E-state index is 13.6. The Morgan fingerprint density at radius 2 is 1.55 bits per heavy atom. The molecule has 0 bridgehead atoms. The molecule has 1 heterocycles. The highest BCUT2D eigenvalue weighted by molar-refractivity contribution is 5.84. The SMILES string of the molecule is CCOc1cc(C2C(C#N)=C(N)Oc3cc(OC(=O)C(c4ccccc4)c4ccccc4)ccc32)ccc1OCc1ccc(F)cc1. The van der Waals surface area contributed by atoms with Crippen LogP contribution in [0.4, 0.5) is 4.39 Å². The van der Waals surface area contributed by atoms with Crippen LogP contribution in [0.25, 0.3) is 0 Å². The first-order valence-corrected chi connectivity index (χ1v) is 15.1. The molecule has 0 spiro atoms. The number of halogens is 1. The van der Waals surface area contributed by atoms with Crippen LogP contribution < -0.4 is 24.7 Å². The van der Waals surface area contributed by atoms with E-state index in [1.165, 1.54) is 12.1 Å². The molecule has 234 valence electrons. The summed E-state index contributed by atoms with van der Waals surface area (Å²) in [5.41, 5.74) is 10.3. The number of carbonyl (C=O) groups is 1. The lowest BCUT2D eigenvalue weighted by atomic mass is 9.83. The van der Waals surface area contributed by atoms with Gasteiger partial charge in [-0.3, -0.25) is 4.79 Å². The standard InChI is InChI=1S/C39H31FN2O5/c1-2-44-35-21-28(15-20-33(35)45-24-25-13-16-29(40)17-14-25)37-31-19-18-30(22-34(31)47-38(42)32(37)23-41)46-39(43)36(26-9-5-3-6-10-26)27-11-7-4-8-12-27/h3-22,36-37H,2,24,42H2,1H3.